The fourth-order valence-corrected chi connectivity index (χ4v) is 3.91. The van der Waals surface area contributed by atoms with Crippen molar-refractivity contribution in [3.05, 3.63) is 59.7 Å². The van der Waals surface area contributed by atoms with Gasteiger partial charge in [0.15, 0.2) is 0 Å². The van der Waals surface area contributed by atoms with Gasteiger partial charge in [-0.1, -0.05) is 48.5 Å². The molecule has 0 saturated heterocycles. The normalized spacial score (nSPS) is 13.8. The first kappa shape index (κ1) is 23.8. The number of carbonyl (C=O) groups excluding carboxylic acids is 3. The van der Waals surface area contributed by atoms with Crippen LogP contribution in [0.3, 0.4) is 0 Å². The van der Waals surface area contributed by atoms with Crippen LogP contribution < -0.4 is 16.0 Å². The number of carboxylic acids is 1. The number of amides is 3. The molecule has 0 saturated carbocycles. The number of fused-ring (bicyclic) bond motifs is 3. The monoisotopic (exact) mass is 453 g/mol. The second kappa shape index (κ2) is 10.6. The van der Waals surface area contributed by atoms with Crippen LogP contribution in [0.1, 0.15) is 36.8 Å². The summed E-state index contributed by atoms with van der Waals surface area (Å²) in [6.07, 6.45) is -1.32. The second-order valence-corrected chi connectivity index (χ2v) is 7.80. The molecule has 1 aliphatic carbocycles. The van der Waals surface area contributed by atoms with Crippen molar-refractivity contribution >= 4 is 23.9 Å². The van der Waals surface area contributed by atoms with Crippen molar-refractivity contribution in [2.24, 2.45) is 0 Å². The number of ether oxygens (including phenoxy) is 1. The van der Waals surface area contributed by atoms with Gasteiger partial charge in [-0.25, -0.2) is 4.79 Å². The third kappa shape index (κ3) is 5.68. The number of hydrogen-bond acceptors (Lipinski definition) is 5. The summed E-state index contributed by atoms with van der Waals surface area (Å²) >= 11 is 0. The first-order valence-corrected chi connectivity index (χ1v) is 10.7. The molecule has 0 radical (unpaired) electrons. The van der Waals surface area contributed by atoms with Crippen LogP contribution in [0.5, 0.6) is 0 Å². The molecule has 3 amide bonds. The SMILES string of the molecule is CNC(=O)[C@@H](C)NC(=O)C(CCC(=O)O)NC(=O)OCC1c2ccccc2-c2ccccc21. The van der Waals surface area contributed by atoms with Crippen LogP contribution >= 0.6 is 0 Å². The minimum atomic E-state index is -1.16. The number of nitrogens with one attached hydrogen (secondary N) is 3. The zero-order valence-electron chi connectivity index (χ0n) is 18.5. The number of rotatable bonds is 9. The van der Waals surface area contributed by atoms with Crippen molar-refractivity contribution < 1.29 is 29.0 Å². The number of benzene rings is 2. The van der Waals surface area contributed by atoms with Crippen LogP contribution in [0.25, 0.3) is 11.1 Å². The van der Waals surface area contributed by atoms with E-state index in [0.717, 1.165) is 22.3 Å². The Balaban J connectivity index is 1.66. The second-order valence-electron chi connectivity index (χ2n) is 7.80. The molecule has 0 aromatic heterocycles. The smallest absolute Gasteiger partial charge is 0.407 e. The van der Waals surface area contributed by atoms with E-state index in [1.54, 1.807) is 0 Å². The summed E-state index contributed by atoms with van der Waals surface area (Å²) in [5, 5.41) is 16.3. The molecule has 0 fully saturated rings. The summed E-state index contributed by atoms with van der Waals surface area (Å²) in [6.45, 7) is 1.54. The van der Waals surface area contributed by atoms with Gasteiger partial charge in [0, 0.05) is 19.4 Å². The van der Waals surface area contributed by atoms with Gasteiger partial charge in [0.05, 0.1) is 0 Å². The average Bonchev–Trinajstić information content (AvgIpc) is 3.13. The van der Waals surface area contributed by atoms with Gasteiger partial charge in [-0.05, 0) is 35.6 Å². The molecule has 0 spiro atoms. The Morgan fingerprint density at radius 3 is 2.06 bits per heavy atom. The van der Waals surface area contributed by atoms with E-state index >= 15 is 0 Å². The van der Waals surface area contributed by atoms with Crippen LogP contribution in [0.2, 0.25) is 0 Å². The molecule has 0 aliphatic heterocycles. The van der Waals surface area contributed by atoms with Gasteiger partial charge < -0.3 is 25.8 Å². The lowest BCUT2D eigenvalue weighted by molar-refractivity contribution is -0.137. The maximum absolute atomic E-state index is 12.6. The molecule has 0 bridgehead atoms. The topological polar surface area (TPSA) is 134 Å². The van der Waals surface area contributed by atoms with Crippen LogP contribution in [0.15, 0.2) is 48.5 Å². The fourth-order valence-electron chi connectivity index (χ4n) is 3.91. The molecule has 174 valence electrons. The van der Waals surface area contributed by atoms with Crippen LogP contribution in [-0.4, -0.2) is 54.7 Å². The van der Waals surface area contributed by atoms with Crippen molar-refractivity contribution in [1.82, 2.24) is 16.0 Å². The molecule has 2 aromatic rings. The Morgan fingerprint density at radius 2 is 1.52 bits per heavy atom. The summed E-state index contributed by atoms with van der Waals surface area (Å²) in [5.74, 6) is -2.34. The third-order valence-electron chi connectivity index (χ3n) is 5.60. The quantitative estimate of drug-likeness (QED) is 0.459. The Kier molecular flexibility index (Phi) is 7.66. The molecule has 33 heavy (non-hydrogen) atoms. The maximum atomic E-state index is 12.6. The van der Waals surface area contributed by atoms with Crippen LogP contribution in [0.4, 0.5) is 4.79 Å². The predicted molar refractivity (Wildman–Crippen MR) is 121 cm³/mol. The van der Waals surface area contributed by atoms with Gasteiger partial charge in [0.1, 0.15) is 18.7 Å². The first-order chi connectivity index (χ1) is 15.8. The molecule has 0 heterocycles. The predicted octanol–water partition coefficient (Wildman–Crippen LogP) is 2.01. The lowest BCUT2D eigenvalue weighted by Gasteiger charge is -2.21. The third-order valence-corrected chi connectivity index (χ3v) is 5.60. The zero-order chi connectivity index (χ0) is 24.0. The van der Waals surface area contributed by atoms with Gasteiger partial charge in [-0.15, -0.1) is 0 Å². The average molecular weight is 453 g/mol. The number of aliphatic carboxylic acids is 1. The maximum Gasteiger partial charge on any atom is 0.407 e. The number of likely N-dealkylation sites (N-methyl/N-ethyl adjacent to an activating group) is 1. The Hall–Kier alpha value is -3.88. The largest absolute Gasteiger partial charge is 0.481 e. The van der Waals surface area contributed by atoms with E-state index in [-0.39, 0.29) is 25.4 Å². The van der Waals surface area contributed by atoms with Crippen molar-refractivity contribution in [1.29, 1.82) is 0 Å². The molecule has 4 N–H and O–H groups in total. The van der Waals surface area contributed by atoms with Gasteiger partial charge in [-0.3, -0.25) is 14.4 Å². The van der Waals surface area contributed by atoms with Crippen molar-refractivity contribution in [2.45, 2.75) is 37.8 Å². The van der Waals surface area contributed by atoms with Crippen molar-refractivity contribution in [2.75, 3.05) is 13.7 Å². The highest BCUT2D eigenvalue weighted by molar-refractivity contribution is 5.91. The zero-order valence-corrected chi connectivity index (χ0v) is 18.5. The lowest BCUT2D eigenvalue weighted by atomic mass is 9.98. The number of alkyl carbamates (subject to hydrolysis) is 1. The van der Waals surface area contributed by atoms with Crippen LogP contribution in [0, 0.1) is 0 Å². The lowest BCUT2D eigenvalue weighted by Crippen LogP contribution is -2.52. The summed E-state index contributed by atoms with van der Waals surface area (Å²) in [5.41, 5.74) is 4.27. The molecule has 1 aliphatic rings. The Labute approximate surface area is 191 Å². The van der Waals surface area contributed by atoms with Gasteiger partial charge in [0.25, 0.3) is 0 Å². The van der Waals surface area contributed by atoms with E-state index < -0.39 is 36.0 Å². The van der Waals surface area contributed by atoms with Crippen molar-refractivity contribution in [3.8, 4) is 11.1 Å². The number of carboxylic acid groups (broad SMARTS) is 1. The summed E-state index contributed by atoms with van der Waals surface area (Å²) < 4.78 is 5.44. The van der Waals surface area contributed by atoms with Crippen molar-refractivity contribution in [3.63, 3.8) is 0 Å². The minimum absolute atomic E-state index is 0.0573. The van der Waals surface area contributed by atoms with Gasteiger partial charge >= 0.3 is 12.1 Å². The molecule has 9 heteroatoms. The molecule has 9 nitrogen and oxygen atoms in total. The minimum Gasteiger partial charge on any atom is -0.481 e. The van der Waals surface area contributed by atoms with E-state index in [1.165, 1.54) is 14.0 Å². The van der Waals surface area contributed by atoms with Crippen LogP contribution in [-0.2, 0) is 19.1 Å². The Bertz CT molecular complexity index is 1010. The molecule has 2 atom stereocenters. The highest BCUT2D eigenvalue weighted by Crippen LogP contribution is 2.44. The van der Waals surface area contributed by atoms with E-state index in [9.17, 15) is 19.2 Å². The van der Waals surface area contributed by atoms with E-state index in [2.05, 4.69) is 16.0 Å². The molecule has 1 unspecified atom stereocenters. The van der Waals surface area contributed by atoms with E-state index in [1.807, 2.05) is 48.5 Å². The first-order valence-electron chi connectivity index (χ1n) is 10.7. The van der Waals surface area contributed by atoms with E-state index in [4.69, 9.17) is 9.84 Å². The molecule has 2 aromatic carbocycles. The number of carbonyl (C=O) groups is 4. The highest BCUT2D eigenvalue weighted by Gasteiger charge is 2.30. The molecular formula is C24H27N3O6. The molecular weight excluding hydrogens is 426 g/mol. The Morgan fingerprint density at radius 1 is 0.939 bits per heavy atom. The fraction of sp³-hybridized carbons (Fsp3) is 0.333. The summed E-state index contributed by atoms with van der Waals surface area (Å²) in [4.78, 5) is 47.7. The summed E-state index contributed by atoms with van der Waals surface area (Å²) in [7, 11) is 1.43. The van der Waals surface area contributed by atoms with Gasteiger partial charge in [0.2, 0.25) is 11.8 Å². The summed E-state index contributed by atoms with van der Waals surface area (Å²) in [6, 6.07) is 13.8. The standard InChI is InChI=1S/C24H27N3O6/c1-14(22(30)25-2)26-23(31)20(11-12-21(28)29)27-24(32)33-13-19-17-9-5-3-7-15(17)16-8-4-6-10-18(16)19/h3-10,14,19-20H,11-13H2,1-2H3,(H,25,30)(H,26,31)(H,27,32)(H,28,29)/t14-,20?/m1/s1. The molecule has 3 rings (SSSR count). The van der Waals surface area contributed by atoms with Gasteiger partial charge in [-0.2, -0.15) is 0 Å². The number of hydrogen-bond donors (Lipinski definition) is 4. The van der Waals surface area contributed by atoms with E-state index in [0.29, 0.717) is 0 Å². The highest BCUT2D eigenvalue weighted by atomic mass is 16.5.